The molecular formula is C11H9Cl2N3O2. The van der Waals surface area contributed by atoms with E-state index in [0.29, 0.717) is 21.3 Å². The van der Waals surface area contributed by atoms with Crippen LogP contribution in [0.25, 0.3) is 5.69 Å². The van der Waals surface area contributed by atoms with Gasteiger partial charge in [0, 0.05) is 15.6 Å². The van der Waals surface area contributed by atoms with Crippen molar-refractivity contribution in [2.24, 2.45) is 0 Å². The van der Waals surface area contributed by atoms with Crippen LogP contribution in [0.2, 0.25) is 10.0 Å². The highest BCUT2D eigenvalue weighted by Crippen LogP contribution is 2.25. The van der Waals surface area contributed by atoms with Crippen molar-refractivity contribution in [3.05, 3.63) is 39.5 Å². The van der Waals surface area contributed by atoms with Gasteiger partial charge in [0.1, 0.15) is 5.82 Å². The Morgan fingerprint density at radius 3 is 2.33 bits per heavy atom. The molecule has 2 aromatic rings. The Labute approximate surface area is 113 Å². The largest absolute Gasteiger partial charge is 0.476 e. The number of nitrogens with two attached hydrogens (primary N) is 1. The van der Waals surface area contributed by atoms with Crippen LogP contribution in [0.15, 0.2) is 18.2 Å². The smallest absolute Gasteiger partial charge is 0.356 e. The molecule has 0 aliphatic heterocycles. The fourth-order valence-electron chi connectivity index (χ4n) is 1.57. The Hall–Kier alpha value is -1.72. The molecule has 2 rings (SSSR count). The lowest BCUT2D eigenvalue weighted by molar-refractivity contribution is 0.0689. The molecule has 5 nitrogen and oxygen atoms in total. The van der Waals surface area contributed by atoms with E-state index in [9.17, 15) is 4.79 Å². The number of nitrogen functional groups attached to an aromatic ring is 1. The highest BCUT2D eigenvalue weighted by Gasteiger charge is 2.18. The van der Waals surface area contributed by atoms with E-state index in [2.05, 4.69) is 5.10 Å². The first-order valence-corrected chi connectivity index (χ1v) is 5.70. The number of carbonyl (C=O) groups is 1. The van der Waals surface area contributed by atoms with Gasteiger partial charge < -0.3 is 10.8 Å². The summed E-state index contributed by atoms with van der Waals surface area (Å²) in [5.41, 5.74) is 6.65. The maximum atomic E-state index is 11.0. The lowest BCUT2D eigenvalue weighted by Gasteiger charge is -2.05. The predicted molar refractivity (Wildman–Crippen MR) is 69.7 cm³/mol. The molecular weight excluding hydrogens is 277 g/mol. The molecule has 0 atom stereocenters. The summed E-state index contributed by atoms with van der Waals surface area (Å²) >= 11 is 11.8. The maximum absolute atomic E-state index is 11.0. The molecule has 0 bridgehead atoms. The second-order valence-electron chi connectivity index (χ2n) is 3.70. The van der Waals surface area contributed by atoms with Crippen LogP contribution in [-0.4, -0.2) is 20.9 Å². The van der Waals surface area contributed by atoms with E-state index in [1.54, 1.807) is 25.1 Å². The second kappa shape index (κ2) is 4.51. The summed E-state index contributed by atoms with van der Waals surface area (Å²) in [7, 11) is 0. The van der Waals surface area contributed by atoms with Gasteiger partial charge in [0.05, 0.1) is 5.69 Å². The molecule has 0 spiro atoms. The Morgan fingerprint density at radius 2 is 1.89 bits per heavy atom. The first-order valence-electron chi connectivity index (χ1n) is 4.95. The topological polar surface area (TPSA) is 81.1 Å². The number of rotatable bonds is 2. The van der Waals surface area contributed by atoms with E-state index in [1.165, 1.54) is 4.68 Å². The van der Waals surface area contributed by atoms with Gasteiger partial charge in [0.2, 0.25) is 0 Å². The van der Waals surface area contributed by atoms with Crippen molar-refractivity contribution in [1.82, 2.24) is 9.78 Å². The summed E-state index contributed by atoms with van der Waals surface area (Å²) in [6.45, 7) is 1.59. The second-order valence-corrected chi connectivity index (χ2v) is 4.58. The molecule has 18 heavy (non-hydrogen) atoms. The number of aromatic nitrogens is 2. The van der Waals surface area contributed by atoms with Crippen molar-refractivity contribution in [2.75, 3.05) is 5.73 Å². The minimum atomic E-state index is -1.13. The van der Waals surface area contributed by atoms with Crippen molar-refractivity contribution in [2.45, 2.75) is 6.92 Å². The highest BCUT2D eigenvalue weighted by atomic mass is 35.5. The van der Waals surface area contributed by atoms with Crippen LogP contribution in [0, 0.1) is 6.92 Å². The number of anilines is 1. The Bertz CT molecular complexity index is 617. The molecule has 0 saturated heterocycles. The molecule has 0 aliphatic rings. The first-order chi connectivity index (χ1) is 8.40. The Kier molecular flexibility index (Phi) is 3.19. The van der Waals surface area contributed by atoms with Crippen LogP contribution in [-0.2, 0) is 0 Å². The molecule has 1 aromatic heterocycles. The zero-order chi connectivity index (χ0) is 13.4. The quantitative estimate of drug-likeness (QED) is 0.889. The number of aromatic carboxylic acids is 1. The molecule has 0 amide bonds. The van der Waals surface area contributed by atoms with E-state index in [4.69, 9.17) is 34.0 Å². The summed E-state index contributed by atoms with van der Waals surface area (Å²) in [4.78, 5) is 11.0. The number of halogens is 2. The molecule has 94 valence electrons. The molecule has 1 aromatic carbocycles. The summed E-state index contributed by atoms with van der Waals surface area (Å²) in [5, 5.41) is 13.7. The van der Waals surface area contributed by atoms with Gasteiger partial charge >= 0.3 is 5.97 Å². The summed E-state index contributed by atoms with van der Waals surface area (Å²) in [5.74, 6) is -0.892. The number of hydrogen-bond acceptors (Lipinski definition) is 3. The van der Waals surface area contributed by atoms with Crippen LogP contribution in [0.1, 0.15) is 16.1 Å². The van der Waals surface area contributed by atoms with Gasteiger partial charge in [-0.15, -0.1) is 0 Å². The van der Waals surface area contributed by atoms with Crippen LogP contribution >= 0.6 is 23.2 Å². The highest BCUT2D eigenvalue weighted by molar-refractivity contribution is 6.34. The molecule has 0 saturated carbocycles. The SMILES string of the molecule is Cc1c(C(=O)O)nn(-c2cc(Cl)cc(Cl)c2)c1N. The first kappa shape index (κ1) is 12.7. The van der Waals surface area contributed by atoms with Gasteiger partial charge in [-0.05, 0) is 25.1 Å². The number of carboxylic acid groups (broad SMARTS) is 1. The molecule has 0 aliphatic carbocycles. The van der Waals surface area contributed by atoms with Crippen molar-refractivity contribution >= 4 is 35.0 Å². The summed E-state index contributed by atoms with van der Waals surface area (Å²) < 4.78 is 1.30. The minimum Gasteiger partial charge on any atom is -0.476 e. The van der Waals surface area contributed by atoms with E-state index in [-0.39, 0.29) is 11.5 Å². The lowest BCUT2D eigenvalue weighted by Crippen LogP contribution is -2.03. The average molecular weight is 286 g/mol. The van der Waals surface area contributed by atoms with Crippen LogP contribution in [0.5, 0.6) is 0 Å². The molecule has 0 radical (unpaired) electrons. The van der Waals surface area contributed by atoms with Gasteiger partial charge in [-0.3, -0.25) is 0 Å². The van der Waals surface area contributed by atoms with Crippen molar-refractivity contribution < 1.29 is 9.90 Å². The standard InChI is InChI=1S/C11H9Cl2N3O2/c1-5-9(11(17)18)15-16(10(5)14)8-3-6(12)2-7(13)4-8/h2-4H,14H2,1H3,(H,17,18). The Morgan fingerprint density at radius 1 is 1.33 bits per heavy atom. The van der Waals surface area contributed by atoms with Crippen molar-refractivity contribution in [3.8, 4) is 5.69 Å². The molecule has 3 N–H and O–H groups in total. The van der Waals surface area contributed by atoms with Gasteiger partial charge in [-0.2, -0.15) is 5.10 Å². The fraction of sp³-hybridized carbons (Fsp3) is 0.0909. The Balaban J connectivity index is 2.64. The van der Waals surface area contributed by atoms with Gasteiger partial charge in [-0.1, -0.05) is 23.2 Å². The van der Waals surface area contributed by atoms with E-state index >= 15 is 0 Å². The predicted octanol–water partition coefficient (Wildman–Crippen LogP) is 2.77. The van der Waals surface area contributed by atoms with E-state index in [1.807, 2.05) is 0 Å². The normalized spacial score (nSPS) is 10.6. The summed E-state index contributed by atoms with van der Waals surface area (Å²) in [6, 6.07) is 4.76. The maximum Gasteiger partial charge on any atom is 0.356 e. The van der Waals surface area contributed by atoms with E-state index < -0.39 is 5.97 Å². The number of carboxylic acids is 1. The van der Waals surface area contributed by atoms with Gasteiger partial charge in [-0.25, -0.2) is 9.48 Å². The third-order valence-corrected chi connectivity index (χ3v) is 2.90. The zero-order valence-corrected chi connectivity index (χ0v) is 10.8. The number of hydrogen-bond donors (Lipinski definition) is 2. The molecule has 0 unspecified atom stereocenters. The van der Waals surface area contributed by atoms with Crippen molar-refractivity contribution in [3.63, 3.8) is 0 Å². The molecule has 1 heterocycles. The van der Waals surface area contributed by atoms with Crippen LogP contribution < -0.4 is 5.73 Å². The van der Waals surface area contributed by atoms with E-state index in [0.717, 1.165) is 0 Å². The van der Waals surface area contributed by atoms with Crippen LogP contribution in [0.3, 0.4) is 0 Å². The minimum absolute atomic E-state index is 0.0939. The average Bonchev–Trinajstić information content (AvgIpc) is 2.55. The zero-order valence-electron chi connectivity index (χ0n) is 9.32. The summed E-state index contributed by atoms with van der Waals surface area (Å²) in [6.07, 6.45) is 0. The van der Waals surface area contributed by atoms with Crippen LogP contribution in [0.4, 0.5) is 5.82 Å². The molecule has 0 fully saturated rings. The fourth-order valence-corrected chi connectivity index (χ4v) is 2.09. The molecule has 7 heteroatoms. The third kappa shape index (κ3) is 2.14. The van der Waals surface area contributed by atoms with Gasteiger partial charge in [0.15, 0.2) is 5.69 Å². The monoisotopic (exact) mass is 285 g/mol. The van der Waals surface area contributed by atoms with Gasteiger partial charge in [0.25, 0.3) is 0 Å². The van der Waals surface area contributed by atoms with Crippen molar-refractivity contribution in [1.29, 1.82) is 0 Å². The third-order valence-electron chi connectivity index (χ3n) is 2.46. The number of benzene rings is 1. The lowest BCUT2D eigenvalue weighted by atomic mass is 10.2. The number of nitrogens with zero attached hydrogens (tertiary/aromatic N) is 2.